The first-order valence-corrected chi connectivity index (χ1v) is 11.0. The zero-order valence-electron chi connectivity index (χ0n) is 16.7. The molecule has 9 nitrogen and oxygen atoms in total. The van der Waals surface area contributed by atoms with Gasteiger partial charge in [-0.1, -0.05) is 18.2 Å². The Balaban J connectivity index is 1.58. The van der Waals surface area contributed by atoms with E-state index in [9.17, 15) is 13.2 Å². The summed E-state index contributed by atoms with van der Waals surface area (Å²) in [4.78, 5) is 21.5. The minimum Gasteiger partial charge on any atom is -0.322 e. The van der Waals surface area contributed by atoms with E-state index >= 15 is 0 Å². The van der Waals surface area contributed by atoms with Crippen molar-refractivity contribution in [1.29, 1.82) is 0 Å². The Morgan fingerprint density at radius 1 is 1.20 bits per heavy atom. The van der Waals surface area contributed by atoms with Gasteiger partial charge in [0.05, 0.1) is 23.5 Å². The molecule has 1 aromatic carbocycles. The van der Waals surface area contributed by atoms with Gasteiger partial charge in [-0.25, -0.2) is 18.4 Å². The van der Waals surface area contributed by atoms with Gasteiger partial charge in [0, 0.05) is 31.7 Å². The Kier molecular flexibility index (Phi) is 5.35. The molecule has 1 N–H and O–H groups in total. The van der Waals surface area contributed by atoms with E-state index in [1.54, 1.807) is 26.1 Å². The van der Waals surface area contributed by atoms with Crippen molar-refractivity contribution in [2.45, 2.75) is 30.7 Å². The number of nitrogens with one attached hydrogen (secondary N) is 1. The van der Waals surface area contributed by atoms with Crippen LogP contribution in [0.5, 0.6) is 0 Å². The van der Waals surface area contributed by atoms with Gasteiger partial charge in [-0.2, -0.15) is 9.40 Å². The lowest BCUT2D eigenvalue weighted by molar-refractivity contribution is 0.102. The van der Waals surface area contributed by atoms with Crippen LogP contribution in [0.15, 0.2) is 53.8 Å². The van der Waals surface area contributed by atoms with Crippen molar-refractivity contribution in [1.82, 2.24) is 24.1 Å². The minimum absolute atomic E-state index is 0.146. The lowest BCUT2D eigenvalue weighted by atomic mass is 10.2. The number of aryl methyl sites for hydroxylation is 2. The highest BCUT2D eigenvalue weighted by atomic mass is 32.2. The van der Waals surface area contributed by atoms with Crippen molar-refractivity contribution in [2.75, 3.05) is 11.9 Å². The van der Waals surface area contributed by atoms with Crippen molar-refractivity contribution >= 4 is 21.6 Å². The van der Waals surface area contributed by atoms with E-state index in [0.29, 0.717) is 42.2 Å². The number of para-hydroxylation sites is 1. The van der Waals surface area contributed by atoms with Gasteiger partial charge >= 0.3 is 0 Å². The van der Waals surface area contributed by atoms with Crippen molar-refractivity contribution in [3.8, 4) is 0 Å². The van der Waals surface area contributed by atoms with Crippen molar-refractivity contribution in [2.24, 2.45) is 7.05 Å². The van der Waals surface area contributed by atoms with Crippen LogP contribution in [0.3, 0.4) is 0 Å². The first kappa shape index (κ1) is 20.2. The van der Waals surface area contributed by atoms with Crippen LogP contribution in [-0.2, 0) is 17.1 Å². The lowest BCUT2D eigenvalue weighted by Crippen LogP contribution is -2.31. The summed E-state index contributed by atoms with van der Waals surface area (Å²) in [5, 5.41) is 6.78. The molecule has 2 aromatic heterocycles. The number of anilines is 1. The number of sulfonamides is 1. The van der Waals surface area contributed by atoms with E-state index in [0.717, 1.165) is 0 Å². The topological polar surface area (TPSA) is 110 Å². The van der Waals surface area contributed by atoms with Gasteiger partial charge in [-0.15, -0.1) is 0 Å². The van der Waals surface area contributed by atoms with Gasteiger partial charge in [-0.05, 0) is 31.9 Å². The molecular formula is C20H22N6O3S. The summed E-state index contributed by atoms with van der Waals surface area (Å²) < 4.78 is 29.0. The molecule has 0 saturated carbocycles. The molecule has 1 atom stereocenters. The highest BCUT2D eigenvalue weighted by molar-refractivity contribution is 7.89. The Hall–Kier alpha value is -3.11. The van der Waals surface area contributed by atoms with Crippen LogP contribution in [-0.4, -0.2) is 44.9 Å². The molecule has 0 aliphatic carbocycles. The normalized spacial score (nSPS) is 17.2. The third-order valence-corrected chi connectivity index (χ3v) is 6.92. The van der Waals surface area contributed by atoms with Gasteiger partial charge in [0.25, 0.3) is 5.91 Å². The molecule has 1 amide bonds. The van der Waals surface area contributed by atoms with E-state index in [-0.39, 0.29) is 10.8 Å². The Morgan fingerprint density at radius 2 is 1.97 bits per heavy atom. The van der Waals surface area contributed by atoms with Gasteiger partial charge < -0.3 is 5.32 Å². The number of benzene rings is 1. The second-order valence-corrected chi connectivity index (χ2v) is 9.06. The van der Waals surface area contributed by atoms with Crippen LogP contribution in [0.2, 0.25) is 0 Å². The molecule has 4 rings (SSSR count). The lowest BCUT2D eigenvalue weighted by Gasteiger charge is -2.22. The molecule has 1 aliphatic heterocycles. The number of nitrogens with zero attached hydrogens (tertiary/aromatic N) is 5. The maximum atomic E-state index is 13.0. The summed E-state index contributed by atoms with van der Waals surface area (Å²) in [6, 6.07) is 8.65. The Labute approximate surface area is 174 Å². The van der Waals surface area contributed by atoms with Crippen LogP contribution in [0, 0.1) is 6.92 Å². The average Bonchev–Trinajstić information content (AvgIpc) is 3.38. The molecule has 156 valence electrons. The maximum absolute atomic E-state index is 13.0. The van der Waals surface area contributed by atoms with Crippen LogP contribution in [0.25, 0.3) is 0 Å². The fourth-order valence-corrected chi connectivity index (χ4v) is 5.18. The van der Waals surface area contributed by atoms with Gasteiger partial charge in [0.2, 0.25) is 10.0 Å². The third-order valence-electron chi connectivity index (χ3n) is 5.06. The molecule has 0 bridgehead atoms. The molecule has 1 saturated heterocycles. The van der Waals surface area contributed by atoms with Crippen LogP contribution < -0.4 is 5.32 Å². The van der Waals surface area contributed by atoms with Crippen molar-refractivity contribution in [3.63, 3.8) is 0 Å². The predicted molar refractivity (Wildman–Crippen MR) is 110 cm³/mol. The van der Waals surface area contributed by atoms with Gasteiger partial charge in [-0.3, -0.25) is 9.48 Å². The zero-order valence-corrected chi connectivity index (χ0v) is 17.5. The van der Waals surface area contributed by atoms with E-state index in [1.165, 1.54) is 27.6 Å². The van der Waals surface area contributed by atoms with Crippen molar-refractivity contribution in [3.05, 3.63) is 66.0 Å². The monoisotopic (exact) mass is 426 g/mol. The summed E-state index contributed by atoms with van der Waals surface area (Å²) in [6.07, 6.45) is 5.61. The number of carbonyl (C=O) groups is 1. The van der Waals surface area contributed by atoms with E-state index in [2.05, 4.69) is 20.4 Å². The number of hydrogen-bond donors (Lipinski definition) is 1. The molecule has 0 radical (unpaired) electrons. The zero-order chi connectivity index (χ0) is 21.3. The summed E-state index contributed by atoms with van der Waals surface area (Å²) in [5.74, 6) is 0.0882. The number of amides is 1. The minimum atomic E-state index is -3.70. The van der Waals surface area contributed by atoms with Crippen molar-refractivity contribution < 1.29 is 13.2 Å². The average molecular weight is 427 g/mol. The molecule has 3 heterocycles. The Bertz CT molecular complexity index is 1180. The number of carbonyl (C=O) groups excluding carboxylic acids is 1. The second-order valence-electron chi connectivity index (χ2n) is 7.17. The molecular weight excluding hydrogens is 404 g/mol. The first-order valence-electron chi connectivity index (χ1n) is 9.56. The molecule has 0 spiro atoms. The van der Waals surface area contributed by atoms with Gasteiger partial charge in [0.15, 0.2) is 0 Å². The van der Waals surface area contributed by atoms with E-state index < -0.39 is 16.1 Å². The van der Waals surface area contributed by atoms with Gasteiger partial charge in [0.1, 0.15) is 10.7 Å². The Morgan fingerprint density at radius 3 is 2.63 bits per heavy atom. The SMILES string of the molecule is Cc1nc(C2CCCN2S(=O)(=O)c2cnn(C)c2)ncc1C(=O)Nc1ccccc1. The highest BCUT2D eigenvalue weighted by Crippen LogP contribution is 2.35. The highest BCUT2D eigenvalue weighted by Gasteiger charge is 2.38. The molecule has 10 heteroatoms. The second kappa shape index (κ2) is 7.96. The number of rotatable bonds is 5. The molecule has 1 unspecified atom stereocenters. The van der Waals surface area contributed by atoms with Crippen LogP contribution in [0.1, 0.15) is 40.8 Å². The third kappa shape index (κ3) is 3.83. The molecule has 1 aliphatic rings. The van der Waals surface area contributed by atoms with Crippen LogP contribution >= 0.6 is 0 Å². The fourth-order valence-electron chi connectivity index (χ4n) is 3.54. The van der Waals surface area contributed by atoms with Crippen LogP contribution in [0.4, 0.5) is 5.69 Å². The molecule has 3 aromatic rings. The summed E-state index contributed by atoms with van der Waals surface area (Å²) in [5.41, 5.74) is 1.52. The number of hydrogen-bond acceptors (Lipinski definition) is 6. The smallest absolute Gasteiger partial charge is 0.259 e. The summed E-state index contributed by atoms with van der Waals surface area (Å²) >= 11 is 0. The first-order chi connectivity index (χ1) is 14.4. The maximum Gasteiger partial charge on any atom is 0.259 e. The standard InChI is InChI=1S/C20H22N6O3S/c1-14-17(20(27)24-15-7-4-3-5-8-15)12-21-19(23-14)18-9-6-10-26(18)30(28,29)16-11-22-25(2)13-16/h3-5,7-8,11-13,18H,6,9-10H2,1-2H3,(H,24,27). The number of aromatic nitrogens is 4. The molecule has 30 heavy (non-hydrogen) atoms. The summed E-state index contributed by atoms with van der Waals surface area (Å²) in [6.45, 7) is 2.11. The van der Waals surface area contributed by atoms with E-state index in [1.807, 2.05) is 18.2 Å². The fraction of sp³-hybridized carbons (Fsp3) is 0.300. The molecule has 1 fully saturated rings. The quantitative estimate of drug-likeness (QED) is 0.670. The van der Waals surface area contributed by atoms with E-state index in [4.69, 9.17) is 0 Å². The predicted octanol–water partition coefficient (Wildman–Crippen LogP) is 2.30. The largest absolute Gasteiger partial charge is 0.322 e. The summed E-state index contributed by atoms with van der Waals surface area (Å²) in [7, 11) is -2.03.